The third kappa shape index (κ3) is 2.88. The van der Waals surface area contributed by atoms with E-state index >= 15 is 0 Å². The molecule has 0 amide bonds. The van der Waals surface area contributed by atoms with Gasteiger partial charge in [0.1, 0.15) is 11.5 Å². The van der Waals surface area contributed by atoms with Crippen molar-refractivity contribution in [2.75, 3.05) is 13.7 Å². The first-order valence-electron chi connectivity index (χ1n) is 10.1. The Hall–Kier alpha value is -1.06. The van der Waals surface area contributed by atoms with Gasteiger partial charge in [-0.1, -0.05) is 13.0 Å². The van der Waals surface area contributed by atoms with Crippen molar-refractivity contribution in [1.82, 2.24) is 4.84 Å². The number of methoxy groups -OCH3 is 1. The van der Waals surface area contributed by atoms with Gasteiger partial charge in [0.2, 0.25) is 0 Å². The molecule has 4 heteroatoms. The molecule has 0 aliphatic heterocycles. The van der Waals surface area contributed by atoms with E-state index in [9.17, 15) is 4.79 Å². The van der Waals surface area contributed by atoms with Crippen LogP contribution in [0.1, 0.15) is 62.5 Å². The zero-order chi connectivity index (χ0) is 18.3. The first-order chi connectivity index (χ1) is 12.6. The van der Waals surface area contributed by atoms with Crippen LogP contribution in [0.2, 0.25) is 0 Å². The molecule has 0 bridgehead atoms. The summed E-state index contributed by atoms with van der Waals surface area (Å²) in [6.07, 6.45) is 7.48. The lowest BCUT2D eigenvalue weighted by Gasteiger charge is -2.50. The highest BCUT2D eigenvalue weighted by Crippen LogP contribution is 2.62. The predicted molar refractivity (Wildman–Crippen MR) is 105 cm³/mol. The molecule has 2 fully saturated rings. The van der Waals surface area contributed by atoms with Crippen molar-refractivity contribution >= 4 is 17.6 Å². The fourth-order valence-corrected chi connectivity index (χ4v) is 6.57. The molecule has 2 saturated carbocycles. The van der Waals surface area contributed by atoms with Gasteiger partial charge in [-0.05, 0) is 97.2 Å². The van der Waals surface area contributed by atoms with Gasteiger partial charge >= 0.3 is 0 Å². The second-order valence-electron chi connectivity index (χ2n) is 8.77. The maximum Gasteiger partial charge on any atom is 0.139 e. The molecular formula is C22H30ClNO2. The summed E-state index contributed by atoms with van der Waals surface area (Å²) in [5.41, 5.74) is 2.88. The molecule has 0 heterocycles. The highest BCUT2D eigenvalue weighted by atomic mass is 35.5. The zero-order valence-corrected chi connectivity index (χ0v) is 16.6. The van der Waals surface area contributed by atoms with Crippen molar-refractivity contribution in [3.8, 4) is 5.75 Å². The highest BCUT2D eigenvalue weighted by molar-refractivity contribution is 6.13. The van der Waals surface area contributed by atoms with Gasteiger partial charge in [0.05, 0.1) is 7.11 Å². The number of hydrogen-bond acceptors (Lipinski definition) is 3. The van der Waals surface area contributed by atoms with Crippen LogP contribution in [-0.2, 0) is 11.2 Å². The van der Waals surface area contributed by atoms with E-state index in [1.165, 1.54) is 17.5 Å². The van der Waals surface area contributed by atoms with E-state index < -0.39 is 0 Å². The van der Waals surface area contributed by atoms with Crippen LogP contribution in [0.15, 0.2) is 18.2 Å². The Morgan fingerprint density at radius 2 is 2.19 bits per heavy atom. The summed E-state index contributed by atoms with van der Waals surface area (Å²) in [6.45, 7) is 3.09. The largest absolute Gasteiger partial charge is 0.497 e. The Kier molecular flexibility index (Phi) is 5.04. The Balaban J connectivity index is 1.62. The molecule has 0 saturated heterocycles. The highest BCUT2D eigenvalue weighted by Gasteiger charge is 2.58. The average molecular weight is 376 g/mol. The van der Waals surface area contributed by atoms with Gasteiger partial charge < -0.3 is 4.74 Å². The van der Waals surface area contributed by atoms with Gasteiger partial charge in [0.25, 0.3) is 0 Å². The molecule has 1 aromatic carbocycles. The first kappa shape index (κ1) is 18.3. The minimum atomic E-state index is -0.0931. The quantitative estimate of drug-likeness (QED) is 0.589. The molecule has 3 aliphatic rings. The van der Waals surface area contributed by atoms with Crippen molar-refractivity contribution in [2.24, 2.45) is 23.2 Å². The molecule has 1 aromatic rings. The standard InChI is InChI=1S/C22H30ClNO2/c1-22-10-9-18-17-8-6-16(26-2)12-14(17)5-7-19(18)21(22)15(13-20(22)25)4-3-11-24-23/h6,8,12,15,18-19,21,24H,3-5,7,9-11,13H2,1-2H3/t15-,18-,19-,21+,22-/m1/s1. The number of Topliss-reactive ketones (excluding diaryl/α,β-unsaturated/α-hetero) is 1. The molecule has 0 unspecified atom stereocenters. The molecule has 0 radical (unpaired) electrons. The minimum absolute atomic E-state index is 0.0931. The Morgan fingerprint density at radius 1 is 1.35 bits per heavy atom. The average Bonchev–Trinajstić information content (AvgIpc) is 2.91. The van der Waals surface area contributed by atoms with Crippen LogP contribution in [0, 0.1) is 23.2 Å². The van der Waals surface area contributed by atoms with Gasteiger partial charge in [-0.3, -0.25) is 4.79 Å². The number of fused-ring (bicyclic) bond motifs is 5. The van der Waals surface area contributed by atoms with Crippen LogP contribution in [0.4, 0.5) is 0 Å². The number of halogens is 1. The smallest absolute Gasteiger partial charge is 0.139 e. The van der Waals surface area contributed by atoms with Gasteiger partial charge in [0.15, 0.2) is 0 Å². The van der Waals surface area contributed by atoms with Gasteiger partial charge in [-0.2, -0.15) is 0 Å². The maximum absolute atomic E-state index is 12.9. The van der Waals surface area contributed by atoms with E-state index in [4.69, 9.17) is 16.5 Å². The van der Waals surface area contributed by atoms with Crippen molar-refractivity contribution in [3.05, 3.63) is 29.3 Å². The SMILES string of the molecule is COc1ccc2c(c1)CC[C@H]1[C@@H]3[C@H](CCCNCl)CC(=O)[C@@]3(C)CC[C@H]21. The zero-order valence-electron chi connectivity index (χ0n) is 15.9. The molecule has 3 nitrogen and oxygen atoms in total. The van der Waals surface area contributed by atoms with Crippen LogP contribution in [-0.4, -0.2) is 19.4 Å². The number of ketones is 1. The topological polar surface area (TPSA) is 38.3 Å². The fourth-order valence-electron chi connectivity index (χ4n) is 6.44. The van der Waals surface area contributed by atoms with Crippen LogP contribution in [0.25, 0.3) is 0 Å². The van der Waals surface area contributed by atoms with Crippen LogP contribution in [0.3, 0.4) is 0 Å². The first-order valence-corrected chi connectivity index (χ1v) is 10.5. The van der Waals surface area contributed by atoms with E-state index in [1.54, 1.807) is 7.11 Å². The molecule has 1 N–H and O–H groups in total. The Morgan fingerprint density at radius 3 is 2.96 bits per heavy atom. The molecular weight excluding hydrogens is 346 g/mol. The minimum Gasteiger partial charge on any atom is -0.497 e. The molecule has 3 aliphatic carbocycles. The predicted octanol–water partition coefficient (Wildman–Crippen LogP) is 4.87. The summed E-state index contributed by atoms with van der Waals surface area (Å²) in [6, 6.07) is 6.62. The lowest BCUT2D eigenvalue weighted by molar-refractivity contribution is -0.129. The van der Waals surface area contributed by atoms with Crippen molar-refractivity contribution in [1.29, 1.82) is 0 Å². The summed E-state index contributed by atoms with van der Waals surface area (Å²) in [5.74, 6) is 3.82. The van der Waals surface area contributed by atoms with E-state index in [-0.39, 0.29) is 5.41 Å². The molecule has 4 rings (SSSR count). The summed E-state index contributed by atoms with van der Waals surface area (Å²) in [4.78, 5) is 15.7. The van der Waals surface area contributed by atoms with Crippen molar-refractivity contribution < 1.29 is 9.53 Å². The second kappa shape index (κ2) is 7.16. The normalized spacial score (nSPS) is 35.6. The summed E-state index contributed by atoms with van der Waals surface area (Å²) in [7, 11) is 1.74. The number of nitrogens with one attached hydrogen (secondary N) is 1. The van der Waals surface area contributed by atoms with E-state index in [1.807, 2.05) is 0 Å². The van der Waals surface area contributed by atoms with E-state index in [0.29, 0.717) is 29.5 Å². The fraction of sp³-hybridized carbons (Fsp3) is 0.682. The third-order valence-corrected chi connectivity index (χ3v) is 7.81. The lowest BCUT2D eigenvalue weighted by Crippen LogP contribution is -2.44. The summed E-state index contributed by atoms with van der Waals surface area (Å²) >= 11 is 5.64. The molecule has 26 heavy (non-hydrogen) atoms. The number of hydrogen-bond donors (Lipinski definition) is 1. The lowest BCUT2D eigenvalue weighted by atomic mass is 9.54. The Bertz CT molecular complexity index is 691. The third-order valence-electron chi connectivity index (χ3n) is 7.62. The van der Waals surface area contributed by atoms with Gasteiger partial charge in [0, 0.05) is 18.4 Å². The number of ether oxygens (including phenoxy) is 1. The number of benzene rings is 1. The second-order valence-corrected chi connectivity index (χ2v) is 9.04. The number of carbonyl (C=O) groups is 1. The Labute approximate surface area is 161 Å². The number of carbonyl (C=O) groups excluding carboxylic acids is 1. The van der Waals surface area contributed by atoms with Gasteiger partial charge in [-0.25, -0.2) is 4.84 Å². The van der Waals surface area contributed by atoms with Crippen molar-refractivity contribution in [3.63, 3.8) is 0 Å². The monoisotopic (exact) mass is 375 g/mol. The van der Waals surface area contributed by atoms with Crippen molar-refractivity contribution in [2.45, 2.75) is 57.8 Å². The van der Waals surface area contributed by atoms with E-state index in [2.05, 4.69) is 30.0 Å². The molecule has 142 valence electrons. The number of rotatable bonds is 5. The summed E-state index contributed by atoms with van der Waals surface area (Å²) < 4.78 is 5.43. The molecule has 0 aromatic heterocycles. The van der Waals surface area contributed by atoms with Crippen LogP contribution < -0.4 is 9.57 Å². The molecule has 5 atom stereocenters. The maximum atomic E-state index is 12.9. The van der Waals surface area contributed by atoms with Crippen LogP contribution in [0.5, 0.6) is 5.75 Å². The van der Waals surface area contributed by atoms with Gasteiger partial charge in [-0.15, -0.1) is 0 Å². The molecule has 0 spiro atoms. The summed E-state index contributed by atoms with van der Waals surface area (Å²) in [5, 5.41) is 0. The van der Waals surface area contributed by atoms with Crippen LogP contribution >= 0.6 is 11.8 Å². The van der Waals surface area contributed by atoms with E-state index in [0.717, 1.165) is 50.8 Å². The number of aryl methyl sites for hydroxylation is 1.